The van der Waals surface area contributed by atoms with E-state index >= 15 is 0 Å². The molecule has 0 saturated carbocycles. The number of ketones is 1. The first-order valence-electron chi connectivity index (χ1n) is 8.98. The van der Waals surface area contributed by atoms with E-state index in [1.807, 2.05) is 13.8 Å². The van der Waals surface area contributed by atoms with Gasteiger partial charge in [0.1, 0.15) is 11.5 Å². The number of amides is 1. The van der Waals surface area contributed by atoms with Crippen molar-refractivity contribution < 1.29 is 19.8 Å². The van der Waals surface area contributed by atoms with Gasteiger partial charge in [0.25, 0.3) is 5.78 Å². The highest BCUT2D eigenvalue weighted by atomic mass is 32.1. The number of phenols is 1. The Balaban J connectivity index is 1.97. The first kappa shape index (κ1) is 18.9. The summed E-state index contributed by atoms with van der Waals surface area (Å²) >= 11 is 1.30. The molecule has 1 fully saturated rings. The third-order valence-corrected chi connectivity index (χ3v) is 5.97. The van der Waals surface area contributed by atoms with Crippen LogP contribution in [0.15, 0.2) is 60.2 Å². The van der Waals surface area contributed by atoms with E-state index in [4.69, 9.17) is 0 Å². The zero-order valence-electron chi connectivity index (χ0n) is 15.8. The van der Waals surface area contributed by atoms with Crippen molar-refractivity contribution in [1.29, 1.82) is 0 Å². The molecule has 0 bridgehead atoms. The maximum absolute atomic E-state index is 13.0. The topological polar surface area (TPSA) is 90.7 Å². The molecule has 1 aliphatic rings. The number of aliphatic hydroxyl groups is 1. The number of aliphatic hydroxyl groups excluding tert-OH is 1. The summed E-state index contributed by atoms with van der Waals surface area (Å²) in [7, 11) is 0. The molecular formula is C22H18N2O4S. The van der Waals surface area contributed by atoms with E-state index < -0.39 is 17.7 Å². The Morgan fingerprint density at radius 2 is 1.79 bits per heavy atom. The number of nitrogens with zero attached hydrogens (tertiary/aromatic N) is 2. The van der Waals surface area contributed by atoms with Crippen LogP contribution in [0.2, 0.25) is 0 Å². The van der Waals surface area contributed by atoms with Crippen molar-refractivity contribution in [2.45, 2.75) is 19.9 Å². The highest BCUT2D eigenvalue weighted by Gasteiger charge is 2.48. The van der Waals surface area contributed by atoms with Crippen LogP contribution in [-0.4, -0.2) is 26.9 Å². The van der Waals surface area contributed by atoms with Crippen molar-refractivity contribution in [2.75, 3.05) is 4.90 Å². The number of carbonyl (C=O) groups is 2. The number of rotatable bonds is 3. The quantitative estimate of drug-likeness (QED) is 0.388. The summed E-state index contributed by atoms with van der Waals surface area (Å²) in [4.78, 5) is 32.6. The summed E-state index contributed by atoms with van der Waals surface area (Å²) in [6.45, 7) is 3.72. The highest BCUT2D eigenvalue weighted by Crippen LogP contribution is 2.44. The molecule has 1 aliphatic heterocycles. The second-order valence-electron chi connectivity index (χ2n) is 6.77. The molecule has 0 unspecified atom stereocenters. The Kier molecular flexibility index (Phi) is 4.68. The fraction of sp³-hybridized carbons (Fsp3) is 0.136. The lowest BCUT2D eigenvalue weighted by atomic mass is 9.95. The largest absolute Gasteiger partial charge is 0.508 e. The average molecular weight is 406 g/mol. The van der Waals surface area contributed by atoms with Gasteiger partial charge in [-0.05, 0) is 31.5 Å². The van der Waals surface area contributed by atoms with Gasteiger partial charge < -0.3 is 10.2 Å². The molecular weight excluding hydrogens is 388 g/mol. The van der Waals surface area contributed by atoms with Crippen LogP contribution in [0.1, 0.15) is 27.7 Å². The van der Waals surface area contributed by atoms with Crippen LogP contribution in [-0.2, 0) is 9.59 Å². The summed E-state index contributed by atoms with van der Waals surface area (Å²) in [6.07, 6.45) is 0. The third-order valence-electron chi connectivity index (χ3n) is 4.90. The van der Waals surface area contributed by atoms with Crippen molar-refractivity contribution in [2.24, 2.45) is 0 Å². The van der Waals surface area contributed by atoms with Crippen molar-refractivity contribution in [3.63, 3.8) is 0 Å². The zero-order chi connectivity index (χ0) is 20.7. The number of thiazole rings is 1. The van der Waals surface area contributed by atoms with E-state index in [2.05, 4.69) is 4.98 Å². The second kappa shape index (κ2) is 7.18. The molecule has 29 heavy (non-hydrogen) atoms. The number of anilines is 1. The van der Waals surface area contributed by atoms with Crippen LogP contribution in [0, 0.1) is 13.8 Å². The molecule has 4 rings (SSSR count). The lowest BCUT2D eigenvalue weighted by Gasteiger charge is -2.23. The van der Waals surface area contributed by atoms with Gasteiger partial charge in [0.2, 0.25) is 0 Å². The monoisotopic (exact) mass is 406 g/mol. The van der Waals surface area contributed by atoms with E-state index in [9.17, 15) is 19.8 Å². The Morgan fingerprint density at radius 3 is 2.41 bits per heavy atom. The molecule has 1 saturated heterocycles. The van der Waals surface area contributed by atoms with Crippen LogP contribution >= 0.6 is 11.3 Å². The maximum atomic E-state index is 13.0. The van der Waals surface area contributed by atoms with Gasteiger partial charge in [-0.2, -0.15) is 0 Å². The van der Waals surface area contributed by atoms with Gasteiger partial charge in [-0.1, -0.05) is 42.5 Å². The number of Topliss-reactive ketones (excluding diaryl/α,β-unsaturated/α-hetero) is 1. The predicted octanol–water partition coefficient (Wildman–Crippen LogP) is 4.09. The second-order valence-corrected chi connectivity index (χ2v) is 7.95. The molecule has 6 nitrogen and oxygen atoms in total. The van der Waals surface area contributed by atoms with Gasteiger partial charge in [0.05, 0.1) is 17.3 Å². The molecule has 2 aromatic carbocycles. The lowest BCUT2D eigenvalue weighted by molar-refractivity contribution is -0.132. The first-order chi connectivity index (χ1) is 13.9. The average Bonchev–Trinajstić information content (AvgIpc) is 3.18. The third kappa shape index (κ3) is 3.19. The van der Waals surface area contributed by atoms with Gasteiger partial charge in [0.15, 0.2) is 5.13 Å². The molecule has 0 radical (unpaired) electrons. The van der Waals surface area contributed by atoms with Crippen LogP contribution in [0.5, 0.6) is 5.75 Å². The SMILES string of the molecule is Cc1nc(N2C(=O)C(=O)/C(=C(/O)c3ccccc3)[C@H]2c2cccc(O)c2)sc1C. The number of benzene rings is 2. The van der Waals surface area contributed by atoms with Gasteiger partial charge in [0, 0.05) is 10.4 Å². The molecule has 1 aromatic heterocycles. The Bertz CT molecular complexity index is 1130. The number of aryl methyl sites for hydroxylation is 2. The molecule has 3 aromatic rings. The standard InChI is InChI=1S/C22H18N2O4S/c1-12-13(2)29-22(23-12)24-18(15-9-6-10-16(25)11-15)17(20(27)21(24)28)19(26)14-7-4-3-5-8-14/h3-11,18,25-26H,1-2H3/b19-17+/t18-/m1/s1. The van der Waals surface area contributed by atoms with Crippen molar-refractivity contribution in [1.82, 2.24) is 4.98 Å². The molecule has 0 spiro atoms. The highest BCUT2D eigenvalue weighted by molar-refractivity contribution is 7.16. The van der Waals surface area contributed by atoms with E-state index in [0.717, 1.165) is 10.6 Å². The molecule has 2 N–H and O–H groups in total. The summed E-state index contributed by atoms with van der Waals surface area (Å²) in [5.41, 5.74) is 1.68. The molecule has 1 atom stereocenters. The minimum Gasteiger partial charge on any atom is -0.508 e. The van der Waals surface area contributed by atoms with E-state index in [-0.39, 0.29) is 17.1 Å². The minimum atomic E-state index is -0.896. The molecule has 7 heteroatoms. The predicted molar refractivity (Wildman–Crippen MR) is 111 cm³/mol. The van der Waals surface area contributed by atoms with Crippen LogP contribution < -0.4 is 4.90 Å². The maximum Gasteiger partial charge on any atom is 0.301 e. The van der Waals surface area contributed by atoms with Crippen molar-refractivity contribution in [3.05, 3.63) is 81.9 Å². The lowest BCUT2D eigenvalue weighted by Crippen LogP contribution is -2.29. The van der Waals surface area contributed by atoms with Gasteiger partial charge >= 0.3 is 5.91 Å². The fourth-order valence-corrected chi connectivity index (χ4v) is 4.29. The number of hydrogen-bond donors (Lipinski definition) is 2. The number of phenolic OH excluding ortho intramolecular Hbond substituents is 1. The van der Waals surface area contributed by atoms with Crippen LogP contribution in [0.3, 0.4) is 0 Å². The number of aromatic nitrogens is 1. The summed E-state index contributed by atoms with van der Waals surface area (Å²) in [5.74, 6) is -1.81. The van der Waals surface area contributed by atoms with E-state index in [0.29, 0.717) is 16.3 Å². The number of carbonyl (C=O) groups excluding carboxylic acids is 2. The van der Waals surface area contributed by atoms with Crippen molar-refractivity contribution >= 4 is 33.9 Å². The van der Waals surface area contributed by atoms with Gasteiger partial charge in [-0.25, -0.2) is 4.98 Å². The molecule has 0 aliphatic carbocycles. The van der Waals surface area contributed by atoms with E-state index in [1.165, 1.54) is 28.4 Å². The Labute approximate surface area is 171 Å². The first-order valence-corrected chi connectivity index (χ1v) is 9.79. The minimum absolute atomic E-state index is 0.000649. The molecule has 2 heterocycles. The normalized spacial score (nSPS) is 18.4. The Morgan fingerprint density at radius 1 is 1.07 bits per heavy atom. The summed E-state index contributed by atoms with van der Waals surface area (Å²) in [5, 5.41) is 21.3. The van der Waals surface area contributed by atoms with Gasteiger partial charge in [-0.15, -0.1) is 11.3 Å². The van der Waals surface area contributed by atoms with Crippen molar-refractivity contribution in [3.8, 4) is 5.75 Å². The molecule has 1 amide bonds. The van der Waals surface area contributed by atoms with Crippen LogP contribution in [0.4, 0.5) is 5.13 Å². The zero-order valence-corrected chi connectivity index (χ0v) is 16.6. The smallest absolute Gasteiger partial charge is 0.301 e. The summed E-state index contributed by atoms with van der Waals surface area (Å²) < 4.78 is 0. The van der Waals surface area contributed by atoms with Gasteiger partial charge in [-0.3, -0.25) is 14.5 Å². The van der Waals surface area contributed by atoms with Crippen LogP contribution in [0.25, 0.3) is 5.76 Å². The van der Waals surface area contributed by atoms with E-state index in [1.54, 1.807) is 42.5 Å². The number of aromatic hydroxyl groups is 1. The number of hydrogen-bond acceptors (Lipinski definition) is 6. The summed E-state index contributed by atoms with van der Waals surface area (Å²) in [6, 6.07) is 14.0. The fourth-order valence-electron chi connectivity index (χ4n) is 3.35. The Hall–Kier alpha value is -3.45. The molecule has 146 valence electrons.